The summed E-state index contributed by atoms with van der Waals surface area (Å²) in [6.07, 6.45) is -4.85. The van der Waals surface area contributed by atoms with Gasteiger partial charge < -0.3 is 10.6 Å². The lowest BCUT2D eigenvalue weighted by Gasteiger charge is -2.19. The van der Waals surface area contributed by atoms with Crippen molar-refractivity contribution in [3.05, 3.63) is 63.2 Å². The van der Waals surface area contributed by atoms with E-state index in [2.05, 4.69) is 10.6 Å². The normalized spacial score (nSPS) is 12.4. The lowest BCUT2D eigenvalue weighted by atomic mass is 10.1. The maximum absolute atomic E-state index is 13.2. The Morgan fingerprint density at radius 3 is 2.37 bits per heavy atom. The molecule has 0 radical (unpaired) electrons. The third-order valence-corrected chi connectivity index (χ3v) is 3.94. The summed E-state index contributed by atoms with van der Waals surface area (Å²) in [6, 6.07) is 6.95. The number of halogens is 3. The van der Waals surface area contributed by atoms with E-state index < -0.39 is 40.0 Å². The molecule has 0 heterocycles. The lowest BCUT2D eigenvalue weighted by molar-refractivity contribution is -0.385. The molecule has 1 amide bonds. The molecule has 2 rings (SSSR count). The van der Waals surface area contributed by atoms with Crippen LogP contribution in [0.3, 0.4) is 0 Å². The topological polar surface area (TPSA) is 84.3 Å². The average molecular weight is 381 g/mol. The van der Waals surface area contributed by atoms with E-state index in [4.69, 9.17) is 0 Å². The van der Waals surface area contributed by atoms with Gasteiger partial charge in [-0.25, -0.2) is 0 Å². The van der Waals surface area contributed by atoms with Gasteiger partial charge in [0.2, 0.25) is 5.91 Å². The summed E-state index contributed by atoms with van der Waals surface area (Å²) in [5.74, 6) is -0.699. The molecule has 0 aromatic heterocycles. The fourth-order valence-corrected chi connectivity index (χ4v) is 2.42. The molecule has 0 aliphatic heterocycles. The van der Waals surface area contributed by atoms with E-state index in [0.29, 0.717) is 11.8 Å². The molecule has 0 aliphatic carbocycles. The second-order valence-corrected chi connectivity index (χ2v) is 6.16. The Bertz CT molecular complexity index is 882. The van der Waals surface area contributed by atoms with E-state index in [1.807, 2.05) is 32.0 Å². The summed E-state index contributed by atoms with van der Waals surface area (Å²) < 4.78 is 39.6. The molecule has 0 saturated heterocycles. The number of anilines is 2. The molecule has 2 N–H and O–H groups in total. The van der Waals surface area contributed by atoms with Gasteiger partial charge in [0.1, 0.15) is 6.04 Å². The minimum atomic E-state index is -4.85. The quantitative estimate of drug-likeness (QED) is 0.582. The van der Waals surface area contributed by atoms with Crippen molar-refractivity contribution in [3.8, 4) is 0 Å². The zero-order valence-electron chi connectivity index (χ0n) is 14.8. The van der Waals surface area contributed by atoms with Crippen LogP contribution < -0.4 is 10.6 Å². The van der Waals surface area contributed by atoms with Crippen molar-refractivity contribution in [1.82, 2.24) is 0 Å². The second kappa shape index (κ2) is 7.65. The molecule has 144 valence electrons. The van der Waals surface area contributed by atoms with Gasteiger partial charge in [-0.2, -0.15) is 13.2 Å². The Kier molecular flexibility index (Phi) is 5.72. The first-order valence-electron chi connectivity index (χ1n) is 7.99. The molecule has 0 bridgehead atoms. The number of nitrogens with zero attached hydrogens (tertiary/aromatic N) is 1. The molecule has 6 nitrogen and oxygen atoms in total. The molecule has 0 saturated carbocycles. The van der Waals surface area contributed by atoms with E-state index in [9.17, 15) is 28.1 Å². The molecule has 0 aliphatic rings. The highest BCUT2D eigenvalue weighted by atomic mass is 19.4. The third-order valence-electron chi connectivity index (χ3n) is 3.94. The largest absolute Gasteiger partial charge is 0.418 e. The number of hydrogen-bond acceptors (Lipinski definition) is 4. The van der Waals surface area contributed by atoms with Crippen LogP contribution in [0, 0.1) is 24.0 Å². The number of carbonyl (C=O) groups excluding carboxylic acids is 1. The van der Waals surface area contributed by atoms with Crippen molar-refractivity contribution in [2.24, 2.45) is 0 Å². The Morgan fingerprint density at radius 2 is 1.78 bits per heavy atom. The molecule has 0 unspecified atom stereocenters. The van der Waals surface area contributed by atoms with Gasteiger partial charge in [0.25, 0.3) is 5.69 Å². The van der Waals surface area contributed by atoms with Crippen LogP contribution >= 0.6 is 0 Å². The summed E-state index contributed by atoms with van der Waals surface area (Å²) in [5, 5.41) is 15.9. The standard InChI is InChI=1S/C18H18F3N3O3/c1-10-4-5-11(2)16(8-10)22-12(3)17(25)23-15-7-6-13(24(26)27)9-14(15)18(19,20)21/h4-9,12,22H,1-3H3,(H,23,25)/t12-/m1/s1. The van der Waals surface area contributed by atoms with Crippen molar-refractivity contribution in [2.45, 2.75) is 33.0 Å². The van der Waals surface area contributed by atoms with Crippen LogP contribution in [-0.2, 0) is 11.0 Å². The monoisotopic (exact) mass is 381 g/mol. The van der Waals surface area contributed by atoms with E-state index >= 15 is 0 Å². The van der Waals surface area contributed by atoms with Crippen molar-refractivity contribution >= 4 is 23.0 Å². The average Bonchev–Trinajstić information content (AvgIpc) is 2.57. The van der Waals surface area contributed by atoms with E-state index in [-0.39, 0.29) is 0 Å². The molecule has 27 heavy (non-hydrogen) atoms. The van der Waals surface area contributed by atoms with E-state index in [0.717, 1.165) is 23.3 Å². The summed E-state index contributed by atoms with van der Waals surface area (Å²) in [6.45, 7) is 5.22. The smallest absolute Gasteiger partial charge is 0.374 e. The zero-order chi connectivity index (χ0) is 20.4. The Balaban J connectivity index is 2.24. The van der Waals surface area contributed by atoms with Crippen LogP contribution in [0.5, 0.6) is 0 Å². The van der Waals surface area contributed by atoms with Gasteiger partial charge in [-0.05, 0) is 44.0 Å². The maximum atomic E-state index is 13.2. The van der Waals surface area contributed by atoms with Crippen molar-refractivity contribution < 1.29 is 22.9 Å². The highest BCUT2D eigenvalue weighted by Gasteiger charge is 2.36. The van der Waals surface area contributed by atoms with Crippen LogP contribution in [0.25, 0.3) is 0 Å². The molecular weight excluding hydrogens is 363 g/mol. The van der Waals surface area contributed by atoms with Crippen LogP contribution in [0.4, 0.5) is 30.2 Å². The number of nitro groups is 1. The first-order valence-corrected chi connectivity index (χ1v) is 7.99. The van der Waals surface area contributed by atoms with Crippen molar-refractivity contribution in [2.75, 3.05) is 10.6 Å². The van der Waals surface area contributed by atoms with E-state index in [1.165, 1.54) is 6.92 Å². The minimum Gasteiger partial charge on any atom is -0.374 e. The van der Waals surface area contributed by atoms with E-state index in [1.54, 1.807) is 0 Å². The van der Waals surface area contributed by atoms with Gasteiger partial charge in [0.15, 0.2) is 0 Å². The van der Waals surface area contributed by atoms with Crippen molar-refractivity contribution in [1.29, 1.82) is 0 Å². The predicted octanol–water partition coefficient (Wildman–Crippen LogP) is 4.67. The Morgan fingerprint density at radius 1 is 1.11 bits per heavy atom. The molecule has 2 aromatic carbocycles. The number of hydrogen-bond donors (Lipinski definition) is 2. The number of amides is 1. The second-order valence-electron chi connectivity index (χ2n) is 6.16. The van der Waals surface area contributed by atoms with Gasteiger partial charge in [-0.1, -0.05) is 12.1 Å². The Labute approximate surface area is 153 Å². The van der Waals surface area contributed by atoms with Gasteiger partial charge in [0, 0.05) is 17.8 Å². The number of rotatable bonds is 5. The Hall–Kier alpha value is -3.10. The highest BCUT2D eigenvalue weighted by molar-refractivity contribution is 5.97. The summed E-state index contributed by atoms with van der Waals surface area (Å²) in [4.78, 5) is 22.1. The van der Waals surface area contributed by atoms with Gasteiger partial charge in [-0.15, -0.1) is 0 Å². The SMILES string of the molecule is Cc1ccc(C)c(N[C@H](C)C(=O)Nc2ccc([N+](=O)[O-])cc2C(F)(F)F)c1. The number of carbonyl (C=O) groups is 1. The highest BCUT2D eigenvalue weighted by Crippen LogP contribution is 2.37. The van der Waals surface area contributed by atoms with Gasteiger partial charge in [-0.3, -0.25) is 14.9 Å². The lowest BCUT2D eigenvalue weighted by Crippen LogP contribution is -2.32. The zero-order valence-corrected chi connectivity index (χ0v) is 14.8. The van der Waals surface area contributed by atoms with Gasteiger partial charge >= 0.3 is 6.18 Å². The third kappa shape index (κ3) is 4.96. The molecule has 0 fully saturated rings. The first kappa shape index (κ1) is 20.2. The van der Waals surface area contributed by atoms with Crippen LogP contribution in [0.1, 0.15) is 23.6 Å². The number of non-ortho nitro benzene ring substituents is 1. The van der Waals surface area contributed by atoms with Crippen molar-refractivity contribution in [3.63, 3.8) is 0 Å². The number of nitro benzene ring substituents is 1. The predicted molar refractivity (Wildman–Crippen MR) is 95.7 cm³/mol. The summed E-state index contributed by atoms with van der Waals surface area (Å²) in [7, 11) is 0. The first-order chi connectivity index (χ1) is 12.5. The molecule has 0 spiro atoms. The number of aryl methyl sites for hydroxylation is 2. The molecule has 9 heteroatoms. The molecular formula is C18H18F3N3O3. The van der Waals surface area contributed by atoms with Crippen LogP contribution in [-0.4, -0.2) is 16.9 Å². The minimum absolute atomic E-state index is 0.401. The number of benzene rings is 2. The molecule has 1 atom stereocenters. The number of nitrogens with one attached hydrogen (secondary N) is 2. The van der Waals surface area contributed by atoms with Crippen LogP contribution in [0.2, 0.25) is 0 Å². The van der Waals surface area contributed by atoms with Crippen LogP contribution in [0.15, 0.2) is 36.4 Å². The number of alkyl halides is 3. The van der Waals surface area contributed by atoms with Gasteiger partial charge in [0.05, 0.1) is 16.2 Å². The summed E-state index contributed by atoms with van der Waals surface area (Å²) in [5.41, 5.74) is 0.0213. The maximum Gasteiger partial charge on any atom is 0.418 e. The fraction of sp³-hybridized carbons (Fsp3) is 0.278. The molecule has 2 aromatic rings. The summed E-state index contributed by atoms with van der Waals surface area (Å²) >= 11 is 0. The fourth-order valence-electron chi connectivity index (χ4n) is 2.42.